The summed E-state index contributed by atoms with van der Waals surface area (Å²) in [5, 5.41) is 7.29. The number of carbonyl (C=O) groups excluding carboxylic acids is 1. The largest absolute Gasteiger partial charge is 0.328 e. The Bertz CT molecular complexity index is 1150. The molecule has 2 aromatic carbocycles. The highest BCUT2D eigenvalue weighted by molar-refractivity contribution is 5.93. The number of imidazole rings is 1. The van der Waals surface area contributed by atoms with Crippen LogP contribution in [0.1, 0.15) is 17.7 Å². The Labute approximate surface area is 174 Å². The van der Waals surface area contributed by atoms with E-state index in [2.05, 4.69) is 37.1 Å². The van der Waals surface area contributed by atoms with Crippen LogP contribution in [0.4, 0.5) is 5.69 Å². The number of amides is 1. The molecule has 30 heavy (non-hydrogen) atoms. The van der Waals surface area contributed by atoms with Gasteiger partial charge in [-0.2, -0.15) is 5.10 Å². The molecule has 5 rings (SSSR count). The molecule has 3 heterocycles. The van der Waals surface area contributed by atoms with Crippen LogP contribution in [0.5, 0.6) is 0 Å². The minimum absolute atomic E-state index is 0.0507. The fraction of sp³-hybridized carbons (Fsp3) is 0.217. The molecule has 1 unspecified atom stereocenters. The summed E-state index contributed by atoms with van der Waals surface area (Å²) >= 11 is 0. The first kappa shape index (κ1) is 18.3. The Balaban J connectivity index is 1.31. The Kier molecular flexibility index (Phi) is 4.85. The Morgan fingerprint density at radius 2 is 1.93 bits per heavy atom. The van der Waals surface area contributed by atoms with Gasteiger partial charge in [0.05, 0.1) is 6.54 Å². The summed E-state index contributed by atoms with van der Waals surface area (Å²) in [6.07, 6.45) is 6.57. The van der Waals surface area contributed by atoms with Crippen LogP contribution in [-0.2, 0) is 24.3 Å². The standard InChI is InChI=1S/C23H22N6O/c30-23(27-21-9-5-4-8-19(21)14-28-16-24-15-26-28)18-10-11-29-20(12-18)13-25-22(29)17-6-2-1-3-7-17/h1-9,13,15-16,18H,10-12,14H2,(H,27,30). The zero-order chi connectivity index (χ0) is 20.3. The van der Waals surface area contributed by atoms with Gasteiger partial charge in [0.2, 0.25) is 5.91 Å². The number of anilines is 1. The van der Waals surface area contributed by atoms with Crippen LogP contribution < -0.4 is 5.32 Å². The second-order valence-corrected chi connectivity index (χ2v) is 7.52. The van der Waals surface area contributed by atoms with E-state index in [0.717, 1.165) is 41.3 Å². The van der Waals surface area contributed by atoms with E-state index < -0.39 is 0 Å². The molecule has 0 radical (unpaired) electrons. The summed E-state index contributed by atoms with van der Waals surface area (Å²) in [5.74, 6) is 0.953. The van der Waals surface area contributed by atoms with E-state index in [1.54, 1.807) is 11.0 Å². The predicted octanol–water partition coefficient (Wildman–Crippen LogP) is 3.39. The molecule has 1 aliphatic heterocycles. The maximum absolute atomic E-state index is 13.0. The molecule has 0 fully saturated rings. The highest BCUT2D eigenvalue weighted by Crippen LogP contribution is 2.28. The number of nitrogens with zero attached hydrogens (tertiary/aromatic N) is 5. The lowest BCUT2D eigenvalue weighted by atomic mass is 9.95. The molecule has 4 aromatic rings. The smallest absolute Gasteiger partial charge is 0.227 e. The van der Waals surface area contributed by atoms with Crippen LogP contribution in [0.25, 0.3) is 11.4 Å². The average molecular weight is 398 g/mol. The highest BCUT2D eigenvalue weighted by atomic mass is 16.1. The molecule has 1 atom stereocenters. The fourth-order valence-electron chi connectivity index (χ4n) is 4.01. The van der Waals surface area contributed by atoms with Crippen molar-refractivity contribution in [3.63, 3.8) is 0 Å². The van der Waals surface area contributed by atoms with Crippen molar-refractivity contribution in [3.05, 3.63) is 84.7 Å². The second-order valence-electron chi connectivity index (χ2n) is 7.52. The summed E-state index contributed by atoms with van der Waals surface area (Å²) in [4.78, 5) is 21.6. The third-order valence-corrected chi connectivity index (χ3v) is 5.57. The number of hydrogen-bond donors (Lipinski definition) is 1. The zero-order valence-electron chi connectivity index (χ0n) is 16.5. The quantitative estimate of drug-likeness (QED) is 0.559. The first-order valence-corrected chi connectivity index (χ1v) is 10.1. The van der Waals surface area contributed by atoms with E-state index in [-0.39, 0.29) is 11.8 Å². The lowest BCUT2D eigenvalue weighted by Gasteiger charge is -2.25. The van der Waals surface area contributed by atoms with E-state index in [1.165, 1.54) is 6.33 Å². The van der Waals surface area contributed by atoms with Crippen molar-refractivity contribution in [2.24, 2.45) is 5.92 Å². The van der Waals surface area contributed by atoms with Gasteiger partial charge < -0.3 is 9.88 Å². The van der Waals surface area contributed by atoms with E-state index in [0.29, 0.717) is 13.0 Å². The normalized spacial score (nSPS) is 15.5. The van der Waals surface area contributed by atoms with Crippen molar-refractivity contribution in [1.82, 2.24) is 24.3 Å². The molecule has 1 aliphatic rings. The highest BCUT2D eigenvalue weighted by Gasteiger charge is 2.27. The first-order chi connectivity index (χ1) is 14.8. The number of nitrogens with one attached hydrogen (secondary N) is 1. The topological polar surface area (TPSA) is 77.6 Å². The molecular weight excluding hydrogens is 376 g/mol. The van der Waals surface area contributed by atoms with Gasteiger partial charge in [0, 0.05) is 42.0 Å². The molecule has 1 amide bonds. The van der Waals surface area contributed by atoms with Crippen LogP contribution in [-0.4, -0.2) is 30.2 Å². The SMILES string of the molecule is O=C(Nc1ccccc1Cn1cncn1)C1CCn2c(cnc2-c2ccccc2)C1. The van der Waals surface area contributed by atoms with E-state index in [4.69, 9.17) is 0 Å². The van der Waals surface area contributed by atoms with Crippen LogP contribution >= 0.6 is 0 Å². The number of rotatable bonds is 5. The number of hydrogen-bond acceptors (Lipinski definition) is 4. The molecule has 0 saturated carbocycles. The molecule has 150 valence electrons. The lowest BCUT2D eigenvalue weighted by molar-refractivity contribution is -0.120. The van der Waals surface area contributed by atoms with Crippen molar-refractivity contribution in [1.29, 1.82) is 0 Å². The van der Waals surface area contributed by atoms with Crippen molar-refractivity contribution in [2.45, 2.75) is 25.9 Å². The second kappa shape index (κ2) is 7.94. The van der Waals surface area contributed by atoms with E-state index in [1.807, 2.05) is 48.7 Å². The van der Waals surface area contributed by atoms with Crippen molar-refractivity contribution in [3.8, 4) is 11.4 Å². The molecule has 0 bridgehead atoms. The first-order valence-electron chi connectivity index (χ1n) is 10.1. The van der Waals surface area contributed by atoms with E-state index in [9.17, 15) is 4.79 Å². The molecule has 0 spiro atoms. The minimum Gasteiger partial charge on any atom is -0.328 e. The predicted molar refractivity (Wildman–Crippen MR) is 114 cm³/mol. The summed E-state index contributed by atoms with van der Waals surface area (Å²) in [6, 6.07) is 18.0. The molecular formula is C23H22N6O. The van der Waals surface area contributed by atoms with Crippen LogP contribution in [0.3, 0.4) is 0 Å². The molecule has 1 N–H and O–H groups in total. The number of benzene rings is 2. The average Bonchev–Trinajstić information content (AvgIpc) is 3.45. The molecule has 0 saturated heterocycles. The number of para-hydroxylation sites is 1. The molecule has 2 aromatic heterocycles. The van der Waals surface area contributed by atoms with Gasteiger partial charge in [-0.3, -0.25) is 4.79 Å². The van der Waals surface area contributed by atoms with Gasteiger partial charge >= 0.3 is 0 Å². The van der Waals surface area contributed by atoms with Gasteiger partial charge in [-0.15, -0.1) is 0 Å². The van der Waals surface area contributed by atoms with Crippen LogP contribution in [0.15, 0.2) is 73.4 Å². The summed E-state index contributed by atoms with van der Waals surface area (Å²) in [5.41, 5.74) is 4.04. The summed E-state index contributed by atoms with van der Waals surface area (Å²) < 4.78 is 3.98. The maximum atomic E-state index is 13.0. The third kappa shape index (κ3) is 3.61. The summed E-state index contributed by atoms with van der Waals surface area (Å²) in [6.45, 7) is 1.35. The zero-order valence-corrected chi connectivity index (χ0v) is 16.5. The third-order valence-electron chi connectivity index (χ3n) is 5.57. The molecule has 0 aliphatic carbocycles. The van der Waals surface area contributed by atoms with Crippen LogP contribution in [0, 0.1) is 5.92 Å². The lowest BCUT2D eigenvalue weighted by Crippen LogP contribution is -2.30. The van der Waals surface area contributed by atoms with Gasteiger partial charge in [0.15, 0.2) is 0 Å². The maximum Gasteiger partial charge on any atom is 0.227 e. The van der Waals surface area contributed by atoms with Gasteiger partial charge in [0.1, 0.15) is 18.5 Å². The number of carbonyl (C=O) groups is 1. The van der Waals surface area contributed by atoms with Crippen molar-refractivity contribution >= 4 is 11.6 Å². The Morgan fingerprint density at radius 3 is 2.77 bits per heavy atom. The number of aromatic nitrogens is 5. The van der Waals surface area contributed by atoms with Crippen molar-refractivity contribution < 1.29 is 4.79 Å². The van der Waals surface area contributed by atoms with Crippen LogP contribution in [0.2, 0.25) is 0 Å². The van der Waals surface area contributed by atoms with Gasteiger partial charge in [-0.25, -0.2) is 14.6 Å². The fourth-order valence-corrected chi connectivity index (χ4v) is 4.01. The molecule has 7 heteroatoms. The molecule has 7 nitrogen and oxygen atoms in total. The van der Waals surface area contributed by atoms with Gasteiger partial charge in [0.25, 0.3) is 0 Å². The Morgan fingerprint density at radius 1 is 1.10 bits per heavy atom. The van der Waals surface area contributed by atoms with E-state index >= 15 is 0 Å². The monoisotopic (exact) mass is 398 g/mol. The summed E-state index contributed by atoms with van der Waals surface area (Å²) in [7, 11) is 0. The van der Waals surface area contributed by atoms with Gasteiger partial charge in [-0.05, 0) is 18.1 Å². The van der Waals surface area contributed by atoms with Crippen molar-refractivity contribution in [2.75, 3.05) is 5.32 Å². The Hall–Kier alpha value is -3.74. The number of fused-ring (bicyclic) bond motifs is 1. The van der Waals surface area contributed by atoms with Gasteiger partial charge in [-0.1, -0.05) is 48.5 Å². The minimum atomic E-state index is -0.0720.